The van der Waals surface area contributed by atoms with E-state index >= 15 is 0 Å². The lowest BCUT2D eigenvalue weighted by Gasteiger charge is -2.40. The number of aliphatic hydroxyl groups excluding tert-OH is 2. The second-order valence-corrected chi connectivity index (χ2v) is 15.5. The number of nitrogens with zero attached hydrogens (tertiary/aromatic N) is 4. The molecule has 0 aliphatic carbocycles. The molecule has 1 aliphatic rings. The Bertz CT molecular complexity index is 2370. The van der Waals surface area contributed by atoms with Gasteiger partial charge in [-0.3, -0.25) is 9.59 Å². The summed E-state index contributed by atoms with van der Waals surface area (Å²) in [5.74, 6) is -5.69. The van der Waals surface area contributed by atoms with Gasteiger partial charge in [-0.15, -0.1) is 0 Å². The van der Waals surface area contributed by atoms with Crippen LogP contribution in [-0.4, -0.2) is 95.0 Å². The number of carboxylic acid groups (broad SMARTS) is 2. The van der Waals surface area contributed by atoms with E-state index in [1.54, 1.807) is 28.8 Å². The molecule has 4 aromatic carbocycles. The molecule has 1 aliphatic heterocycles. The molecule has 5 aromatic rings. The van der Waals surface area contributed by atoms with Crippen LogP contribution in [0.1, 0.15) is 43.4 Å². The lowest BCUT2D eigenvalue weighted by Crippen LogP contribution is -2.49. The Hall–Kier alpha value is -5.69. The summed E-state index contributed by atoms with van der Waals surface area (Å²) in [5, 5.41) is 33.1. The Labute approximate surface area is 350 Å². The van der Waals surface area contributed by atoms with Crippen LogP contribution in [0.5, 0.6) is 0 Å². The molecule has 0 spiro atoms. The molecular weight excluding hydrogens is 828 g/mol. The van der Waals surface area contributed by atoms with Crippen molar-refractivity contribution < 1.29 is 56.8 Å². The number of halogens is 5. The molecule has 6 rings (SSSR count). The Kier molecular flexibility index (Phi) is 15.4. The van der Waals surface area contributed by atoms with Crippen molar-refractivity contribution in [2.75, 3.05) is 13.1 Å². The van der Waals surface area contributed by atoms with Crippen molar-refractivity contribution in [2.45, 2.75) is 81.2 Å². The number of likely N-dealkylation sites (tertiary alicyclic amines) is 1. The zero-order valence-corrected chi connectivity index (χ0v) is 33.7. The first kappa shape index (κ1) is 46.4. The zero-order valence-electron chi connectivity index (χ0n) is 32.9. The minimum atomic E-state index is -4.42. The Morgan fingerprint density at radius 1 is 0.836 bits per heavy atom. The molecule has 18 heteroatoms. The lowest BCUT2D eigenvalue weighted by molar-refractivity contribution is -0.165. The highest BCUT2D eigenvalue weighted by atomic mass is 32.2. The van der Waals surface area contributed by atoms with Gasteiger partial charge >= 0.3 is 18.1 Å². The van der Waals surface area contributed by atoms with Crippen molar-refractivity contribution in [3.05, 3.63) is 130 Å². The molecule has 1 fully saturated rings. The summed E-state index contributed by atoms with van der Waals surface area (Å²) in [4.78, 5) is 55.6. The maximum atomic E-state index is 14.5. The summed E-state index contributed by atoms with van der Waals surface area (Å²) in [7, 11) is 0. The highest BCUT2D eigenvalue weighted by molar-refractivity contribution is 7.98. The third-order valence-electron chi connectivity index (χ3n) is 10.2. The van der Waals surface area contributed by atoms with Crippen molar-refractivity contribution in [3.8, 4) is 11.1 Å². The maximum Gasteiger partial charge on any atom is 0.416 e. The number of benzene rings is 4. The number of hydrogen-bond acceptors (Lipinski definition) is 9. The third-order valence-corrected chi connectivity index (χ3v) is 11.2. The predicted molar refractivity (Wildman–Crippen MR) is 216 cm³/mol. The number of carboxylic acids is 2. The number of rotatable bonds is 13. The molecule has 0 saturated carbocycles. The van der Waals surface area contributed by atoms with Crippen LogP contribution < -0.4 is 5.56 Å². The average Bonchev–Trinajstić information content (AvgIpc) is 3.24. The molecule has 12 nitrogen and oxygen atoms in total. The van der Waals surface area contributed by atoms with E-state index in [2.05, 4.69) is 23.7 Å². The van der Waals surface area contributed by atoms with Gasteiger partial charge in [0.05, 0.1) is 16.5 Å². The van der Waals surface area contributed by atoms with Gasteiger partial charge in [-0.2, -0.15) is 18.2 Å². The fraction of sp³-hybridized carbons (Fsp3) is 0.326. The molecular formula is C43H43F5N4O8S. The first-order valence-corrected chi connectivity index (χ1v) is 20.0. The number of carbonyl (C=O) groups is 3. The molecule has 61 heavy (non-hydrogen) atoms. The molecule has 0 radical (unpaired) electrons. The second kappa shape index (κ2) is 20.2. The summed E-state index contributed by atoms with van der Waals surface area (Å²) in [6, 6.07) is 23.5. The monoisotopic (exact) mass is 870 g/mol. The largest absolute Gasteiger partial charge is 0.479 e. The quantitative estimate of drug-likeness (QED) is 0.0584. The average molecular weight is 871 g/mol. The molecule has 2 heterocycles. The van der Waals surface area contributed by atoms with Crippen LogP contribution in [0.3, 0.4) is 0 Å². The van der Waals surface area contributed by atoms with Crippen molar-refractivity contribution >= 4 is 40.5 Å². The highest BCUT2D eigenvalue weighted by Gasteiger charge is 2.32. The fourth-order valence-corrected chi connectivity index (χ4v) is 7.72. The molecule has 0 unspecified atom stereocenters. The number of piperidine rings is 1. The van der Waals surface area contributed by atoms with Crippen molar-refractivity contribution in [2.24, 2.45) is 0 Å². The first-order valence-electron chi connectivity index (χ1n) is 19.0. The van der Waals surface area contributed by atoms with Crippen LogP contribution in [0.15, 0.2) is 101 Å². The smallest absolute Gasteiger partial charge is 0.416 e. The van der Waals surface area contributed by atoms with E-state index in [9.17, 15) is 41.1 Å². The molecule has 2 atom stereocenters. The summed E-state index contributed by atoms with van der Waals surface area (Å²) in [6.07, 6.45) is -7.43. The normalized spacial score (nSPS) is 14.6. The third kappa shape index (κ3) is 11.8. The summed E-state index contributed by atoms with van der Waals surface area (Å²) in [5.41, 5.74) is 1.66. The van der Waals surface area contributed by atoms with E-state index in [1.807, 2.05) is 29.2 Å². The van der Waals surface area contributed by atoms with Gasteiger partial charge < -0.3 is 34.8 Å². The van der Waals surface area contributed by atoms with Gasteiger partial charge in [-0.05, 0) is 73.7 Å². The number of fused-ring (bicyclic) bond motifs is 1. The molecule has 1 amide bonds. The Balaban J connectivity index is 0.000000626. The van der Waals surface area contributed by atoms with E-state index in [1.165, 1.54) is 24.3 Å². The van der Waals surface area contributed by atoms with Crippen molar-refractivity contribution in [3.63, 3.8) is 0 Å². The lowest BCUT2D eigenvalue weighted by atomic mass is 9.99. The number of thioether (sulfide) groups is 1. The van der Waals surface area contributed by atoms with Crippen molar-refractivity contribution in [1.82, 2.24) is 19.4 Å². The summed E-state index contributed by atoms with van der Waals surface area (Å²) >= 11 is 1.06. The predicted octanol–water partition coefficient (Wildman–Crippen LogP) is 6.43. The van der Waals surface area contributed by atoms with Crippen LogP contribution in [0.2, 0.25) is 0 Å². The van der Waals surface area contributed by atoms with Gasteiger partial charge in [0.1, 0.15) is 6.54 Å². The van der Waals surface area contributed by atoms with E-state index in [0.717, 1.165) is 67.0 Å². The van der Waals surface area contributed by atoms with Crippen LogP contribution in [-0.2, 0) is 39.4 Å². The number of alkyl halides is 3. The number of aliphatic hydroxyl groups is 2. The van der Waals surface area contributed by atoms with E-state index < -0.39 is 53.1 Å². The van der Waals surface area contributed by atoms with Gasteiger partial charge in [0.25, 0.3) is 5.56 Å². The SMILES string of the molecule is CC(C)N1CCC(N(Cc2ccc(-c3ccc(C(F)(F)F)cc3)cc2)C(=O)Cn2c(SCc3cccc(F)c3F)nc(=O)c3ccccc32)CC1.O=C(O)[C@H](O)[C@@H](O)C(=O)O. The van der Waals surface area contributed by atoms with E-state index in [-0.39, 0.29) is 35.0 Å². The van der Waals surface area contributed by atoms with E-state index in [4.69, 9.17) is 20.4 Å². The number of aliphatic carboxylic acids is 2. The second-order valence-electron chi connectivity index (χ2n) is 14.5. The minimum Gasteiger partial charge on any atom is -0.479 e. The van der Waals surface area contributed by atoms with E-state index in [0.29, 0.717) is 29.1 Å². The molecule has 4 N–H and O–H groups in total. The van der Waals surface area contributed by atoms with Gasteiger partial charge in [0.15, 0.2) is 29.0 Å². The van der Waals surface area contributed by atoms with Gasteiger partial charge in [0, 0.05) is 43.0 Å². The molecule has 0 bridgehead atoms. The zero-order chi connectivity index (χ0) is 44.6. The minimum absolute atomic E-state index is 0.00871. The molecule has 324 valence electrons. The van der Waals surface area contributed by atoms with Crippen LogP contribution >= 0.6 is 11.8 Å². The summed E-state index contributed by atoms with van der Waals surface area (Å²) < 4.78 is 69.4. The number of hydrogen-bond donors (Lipinski definition) is 4. The maximum absolute atomic E-state index is 14.5. The Morgan fingerprint density at radius 2 is 1.41 bits per heavy atom. The van der Waals surface area contributed by atoms with Crippen LogP contribution in [0.25, 0.3) is 22.0 Å². The standard InChI is InChI=1S/C39H37F5N4O2S.C4H6O6/c1-25(2)46-20-18-31(19-21-46)47(22-26-10-12-27(13-11-26)28-14-16-30(17-15-28)39(42,43)44)35(49)23-48-34-9-4-3-7-32(34)37(50)45-38(48)51-24-29-6-5-8-33(40)36(29)41;5-1(3(7)8)2(6)4(9)10/h3-17,25,31H,18-24H2,1-2H3;1-2,5-6H,(H,7,8)(H,9,10)/t;1-,2-/m.1/s1. The molecule has 1 saturated heterocycles. The number of aromatic nitrogens is 2. The fourth-order valence-electron chi connectivity index (χ4n) is 6.75. The highest BCUT2D eigenvalue weighted by Crippen LogP contribution is 2.32. The first-order chi connectivity index (χ1) is 28.8. The number of para-hydroxylation sites is 1. The molecule has 1 aromatic heterocycles. The van der Waals surface area contributed by atoms with Crippen LogP contribution in [0, 0.1) is 11.6 Å². The summed E-state index contributed by atoms with van der Waals surface area (Å²) in [6.45, 7) is 6.08. The van der Waals surface area contributed by atoms with Crippen LogP contribution in [0.4, 0.5) is 22.0 Å². The topological polar surface area (TPSA) is 174 Å². The number of amides is 1. The van der Waals surface area contributed by atoms with Crippen molar-refractivity contribution in [1.29, 1.82) is 0 Å². The number of carbonyl (C=O) groups excluding carboxylic acids is 1. The Morgan fingerprint density at radius 3 is 1.97 bits per heavy atom. The van der Waals surface area contributed by atoms with Gasteiger partial charge in [-0.25, -0.2) is 18.4 Å². The van der Waals surface area contributed by atoms with Gasteiger partial charge in [0.2, 0.25) is 5.91 Å². The van der Waals surface area contributed by atoms with Gasteiger partial charge in [-0.1, -0.05) is 72.4 Å².